The molecule has 18 aromatic rings. The third kappa shape index (κ3) is 10.4. The Bertz CT molecular complexity index is 6410. The molecule has 2 aliphatic heterocycles. The molecule has 2 N–H and O–H groups in total. The molecular weight excluding hydrogens is 1260 g/mol. The number of amidine groups is 2. The van der Waals surface area contributed by atoms with Crippen LogP contribution in [-0.2, 0) is 0 Å². The van der Waals surface area contributed by atoms with Gasteiger partial charge in [-0.3, -0.25) is 0 Å². The molecule has 0 amide bonds. The first-order chi connectivity index (χ1) is 51.0. The molecule has 2 unspecified atom stereocenters. The maximum atomic E-state index is 6.75. The fraction of sp³-hybridized carbons (Fsp3) is 0.0213. The molecule has 20 rings (SSSR count). The number of hydrogen-bond acceptors (Lipinski definition) is 9. The van der Waals surface area contributed by atoms with Crippen LogP contribution in [0.5, 0.6) is 0 Å². The summed E-state index contributed by atoms with van der Waals surface area (Å²) >= 11 is 0. The van der Waals surface area contributed by atoms with Crippen molar-refractivity contribution in [3.05, 3.63) is 385 Å². The summed E-state index contributed by atoms with van der Waals surface area (Å²) in [5.41, 5.74) is 25.9. The largest absolute Gasteiger partial charge is 0.456 e. The van der Waals surface area contributed by atoms with Gasteiger partial charge < -0.3 is 33.7 Å². The number of anilines is 6. The summed E-state index contributed by atoms with van der Waals surface area (Å²) in [6.07, 6.45) is 0. The molecule has 0 saturated carbocycles. The van der Waals surface area contributed by atoms with Crippen molar-refractivity contribution in [2.45, 2.75) is 12.1 Å². The number of rotatable bonds is 13. The molecule has 9 nitrogen and oxygen atoms in total. The number of para-hydroxylation sites is 6. The molecule has 0 saturated heterocycles. The van der Waals surface area contributed by atoms with E-state index in [1.807, 2.05) is 12.1 Å². The smallest absolute Gasteiger partial charge is 0.143 e. The van der Waals surface area contributed by atoms with Crippen LogP contribution in [0.1, 0.15) is 45.5 Å². The molecule has 2 atom stereocenters. The molecule has 3 aromatic heterocycles. The summed E-state index contributed by atoms with van der Waals surface area (Å²) in [5, 5.41) is 14.0. The summed E-state index contributed by atoms with van der Waals surface area (Å²) < 4.78 is 20.0. The van der Waals surface area contributed by atoms with Crippen LogP contribution in [0.3, 0.4) is 0 Å². The lowest BCUT2D eigenvalue weighted by Gasteiger charge is -2.28. The maximum Gasteiger partial charge on any atom is 0.143 e. The molecule has 9 heteroatoms. The highest BCUT2D eigenvalue weighted by Gasteiger charge is 2.29. The number of benzene rings is 15. The van der Waals surface area contributed by atoms with E-state index in [9.17, 15) is 0 Å². The number of fused-ring (bicyclic) bond motifs is 11. The van der Waals surface area contributed by atoms with Crippen LogP contribution in [0.15, 0.2) is 375 Å². The highest BCUT2D eigenvalue weighted by Crippen LogP contribution is 2.48. The molecule has 0 fully saturated rings. The number of aliphatic imine (C=N–C) groups is 2. The van der Waals surface area contributed by atoms with E-state index in [0.717, 1.165) is 184 Å². The van der Waals surface area contributed by atoms with Gasteiger partial charge in [0.2, 0.25) is 0 Å². The zero-order valence-electron chi connectivity index (χ0n) is 55.7. The third-order valence-corrected chi connectivity index (χ3v) is 20.4. The SMILES string of the molecule is c1ccc(C2NC(c3ccc4oc5cccc(N(c6ccccc6)c6cccc(-c7cccc(-c8cccc(C9NC(c%10ccc%11oc%12cccc(N(c%13ccccc%13)c%13ccc(-c%14cccc%15c%14oc%14ccccc%14%15)cc%13)c%12c%11c%10)=Nc%10ccccc%109)c8)c7)c6)c5c4c3)=Nc3ccccc32)cc1. The first kappa shape index (κ1) is 59.3. The van der Waals surface area contributed by atoms with Crippen LogP contribution in [0.4, 0.5) is 45.5 Å². The minimum atomic E-state index is -0.208. The van der Waals surface area contributed by atoms with E-state index in [1.165, 1.54) is 5.56 Å². The molecule has 15 aromatic carbocycles. The molecule has 0 aliphatic carbocycles. The van der Waals surface area contributed by atoms with Crippen LogP contribution in [0.25, 0.3) is 99.2 Å². The van der Waals surface area contributed by atoms with Gasteiger partial charge in [0.15, 0.2) is 0 Å². The Morgan fingerprint density at radius 1 is 0.262 bits per heavy atom. The van der Waals surface area contributed by atoms with Crippen LogP contribution in [0.2, 0.25) is 0 Å². The van der Waals surface area contributed by atoms with E-state index in [1.54, 1.807) is 0 Å². The Labute approximate surface area is 593 Å². The quantitative estimate of drug-likeness (QED) is 0.119. The van der Waals surface area contributed by atoms with E-state index in [2.05, 4.69) is 360 Å². The average Bonchev–Trinajstić information content (AvgIpc) is 1.65. The number of hydrogen-bond donors (Lipinski definition) is 2. The van der Waals surface area contributed by atoms with E-state index in [-0.39, 0.29) is 12.1 Å². The monoisotopic (exact) mass is 1320 g/mol. The van der Waals surface area contributed by atoms with Crippen molar-refractivity contribution >= 4 is 123 Å². The Kier molecular flexibility index (Phi) is 14.2. The lowest BCUT2D eigenvalue weighted by atomic mass is 9.91. The van der Waals surface area contributed by atoms with Crippen molar-refractivity contribution in [3.63, 3.8) is 0 Å². The Hall–Kier alpha value is -13.8. The van der Waals surface area contributed by atoms with Crippen molar-refractivity contribution in [2.75, 3.05) is 9.80 Å². The van der Waals surface area contributed by atoms with Crippen molar-refractivity contribution in [2.24, 2.45) is 9.98 Å². The summed E-state index contributed by atoms with van der Waals surface area (Å²) in [4.78, 5) is 15.3. The van der Waals surface area contributed by atoms with E-state index in [4.69, 9.17) is 23.2 Å². The molecule has 486 valence electrons. The average molecular weight is 1320 g/mol. The number of nitrogens with zero attached hydrogens (tertiary/aromatic N) is 4. The molecule has 2 aliphatic rings. The van der Waals surface area contributed by atoms with Gasteiger partial charge in [-0.1, -0.05) is 212 Å². The Balaban J connectivity index is 0.619. The van der Waals surface area contributed by atoms with Gasteiger partial charge in [-0.2, -0.15) is 0 Å². The predicted octanol–water partition coefficient (Wildman–Crippen LogP) is 24.9. The normalized spacial score (nSPS) is 14.1. The zero-order valence-corrected chi connectivity index (χ0v) is 55.7. The van der Waals surface area contributed by atoms with Gasteiger partial charge >= 0.3 is 0 Å². The van der Waals surface area contributed by atoms with Gasteiger partial charge in [-0.05, 0) is 178 Å². The summed E-state index contributed by atoms with van der Waals surface area (Å²) in [6, 6.07) is 124. The molecule has 0 radical (unpaired) electrons. The van der Waals surface area contributed by atoms with Crippen molar-refractivity contribution in [1.29, 1.82) is 0 Å². The van der Waals surface area contributed by atoms with Crippen LogP contribution in [-0.4, -0.2) is 11.7 Å². The van der Waals surface area contributed by atoms with E-state index >= 15 is 0 Å². The topological polar surface area (TPSA) is 94.7 Å². The van der Waals surface area contributed by atoms with Gasteiger partial charge in [0.1, 0.15) is 45.2 Å². The van der Waals surface area contributed by atoms with Gasteiger partial charge in [-0.25, -0.2) is 9.98 Å². The van der Waals surface area contributed by atoms with Crippen LogP contribution in [0, 0.1) is 0 Å². The minimum Gasteiger partial charge on any atom is -0.456 e. The second-order valence-electron chi connectivity index (χ2n) is 26.5. The van der Waals surface area contributed by atoms with Crippen molar-refractivity contribution in [3.8, 4) is 33.4 Å². The molecular formula is C94H62N6O3. The summed E-state index contributed by atoms with van der Waals surface area (Å²) in [7, 11) is 0. The van der Waals surface area contributed by atoms with Crippen LogP contribution >= 0.6 is 0 Å². The van der Waals surface area contributed by atoms with E-state index in [0.29, 0.717) is 0 Å². The molecule has 5 heterocycles. The van der Waals surface area contributed by atoms with Crippen LogP contribution < -0.4 is 20.4 Å². The predicted molar refractivity (Wildman–Crippen MR) is 422 cm³/mol. The van der Waals surface area contributed by atoms with Gasteiger partial charge in [0.25, 0.3) is 0 Å². The van der Waals surface area contributed by atoms with Gasteiger partial charge in [0, 0.05) is 72.1 Å². The highest BCUT2D eigenvalue weighted by molar-refractivity contribution is 6.18. The molecule has 103 heavy (non-hydrogen) atoms. The minimum absolute atomic E-state index is 0.0592. The first-order valence-corrected chi connectivity index (χ1v) is 34.9. The Morgan fingerprint density at radius 2 is 0.689 bits per heavy atom. The van der Waals surface area contributed by atoms with E-state index < -0.39 is 0 Å². The number of furan rings is 3. The van der Waals surface area contributed by atoms with Gasteiger partial charge in [-0.15, -0.1) is 0 Å². The molecule has 0 spiro atoms. The first-order valence-electron chi connectivity index (χ1n) is 34.9. The van der Waals surface area contributed by atoms with Gasteiger partial charge in [0.05, 0.1) is 45.6 Å². The summed E-state index contributed by atoms with van der Waals surface area (Å²) in [6.45, 7) is 0. The second-order valence-corrected chi connectivity index (χ2v) is 26.5. The van der Waals surface area contributed by atoms with Crippen molar-refractivity contribution < 1.29 is 13.3 Å². The highest BCUT2D eigenvalue weighted by atomic mass is 16.3. The van der Waals surface area contributed by atoms with Crippen molar-refractivity contribution in [1.82, 2.24) is 10.6 Å². The number of nitrogens with one attached hydrogen (secondary N) is 2. The lowest BCUT2D eigenvalue weighted by molar-refractivity contribution is 0.668. The fourth-order valence-electron chi connectivity index (χ4n) is 15.5. The Morgan fingerprint density at radius 3 is 1.31 bits per heavy atom. The third-order valence-electron chi connectivity index (χ3n) is 20.4. The second kappa shape index (κ2) is 24.6. The standard InChI is InChI=1S/C94H62N6O3/c1-4-22-60(23-5-1)90-75-35-10-13-39-79(75)95-93(97-90)66-48-52-85-78(57-66)89-82(42-21-45-87(89)102-85)100(69-31-8-3-9-32-69)71-33-18-27-64(56-71)62-25-16-24-61(54-62)63-26-17-28-65(55-63)91-76-36-11-14-40-80(76)96-94(98-91)67-49-53-84-77(58-67)88-81(41-20-44-86(88)101-84)99(68-29-6-2-7-30-68)70-50-46-59(47-51-70)72-37-19-38-74-73-34-12-15-43-83(73)103-92(72)74/h1-58,90-91H,(H,95,97)(H,96,98). The molecule has 0 bridgehead atoms. The zero-order chi connectivity index (χ0) is 67.9. The maximum absolute atomic E-state index is 6.75. The summed E-state index contributed by atoms with van der Waals surface area (Å²) in [5.74, 6) is 1.59. The lowest BCUT2D eigenvalue weighted by Crippen LogP contribution is -2.32. The fourth-order valence-corrected chi connectivity index (χ4v) is 15.5.